The Morgan fingerprint density at radius 2 is 1.73 bits per heavy atom. The van der Waals surface area contributed by atoms with Crippen LogP contribution in [-0.4, -0.2) is 54.6 Å². The second-order valence-corrected chi connectivity index (χ2v) is 12.9. The fraction of sp³-hybridized carbons (Fsp3) is 0.606. The summed E-state index contributed by atoms with van der Waals surface area (Å²) in [5, 5.41) is 56.7. The number of aliphatic hydroxyl groups excluding tert-OH is 3. The number of hydrogen-bond acceptors (Lipinski definition) is 8. The molecule has 0 amide bonds. The van der Waals surface area contributed by atoms with Gasteiger partial charge in [0.25, 0.3) is 0 Å². The van der Waals surface area contributed by atoms with E-state index in [9.17, 15) is 39.9 Å². The third kappa shape index (κ3) is 4.36. The molecule has 0 radical (unpaired) electrons. The van der Waals surface area contributed by atoms with Crippen molar-refractivity contribution in [3.63, 3.8) is 0 Å². The fourth-order valence-corrected chi connectivity index (χ4v) is 8.18. The summed E-state index contributed by atoms with van der Waals surface area (Å²) in [6.45, 7) is 7.22. The molecule has 0 bridgehead atoms. The van der Waals surface area contributed by atoms with Gasteiger partial charge >= 0.3 is 0 Å². The van der Waals surface area contributed by atoms with Crippen molar-refractivity contribution in [3.8, 4) is 5.75 Å². The van der Waals surface area contributed by atoms with Gasteiger partial charge in [-0.25, -0.2) is 0 Å². The van der Waals surface area contributed by atoms with Crippen LogP contribution in [0.1, 0.15) is 112 Å². The lowest BCUT2D eigenvalue weighted by Gasteiger charge is -2.50. The molecule has 1 aromatic rings. The number of Topliss-reactive ketones (excluding diaryl/α,β-unsaturated/α-hetero) is 3. The van der Waals surface area contributed by atoms with Gasteiger partial charge in [0.05, 0.1) is 11.7 Å². The highest BCUT2D eigenvalue weighted by Crippen LogP contribution is 2.56. The Morgan fingerprint density at radius 1 is 1.07 bits per heavy atom. The zero-order valence-corrected chi connectivity index (χ0v) is 24.3. The molecule has 0 heterocycles. The molecule has 4 aliphatic carbocycles. The van der Waals surface area contributed by atoms with E-state index in [4.69, 9.17) is 0 Å². The van der Waals surface area contributed by atoms with Gasteiger partial charge in [0.2, 0.25) is 5.78 Å². The van der Waals surface area contributed by atoms with Crippen LogP contribution in [0.15, 0.2) is 34.8 Å². The first-order valence-corrected chi connectivity index (χ1v) is 15.1. The molecule has 1 saturated carbocycles. The third-order valence-electron chi connectivity index (χ3n) is 10.5. The predicted molar refractivity (Wildman–Crippen MR) is 152 cm³/mol. The van der Waals surface area contributed by atoms with Crippen LogP contribution in [0.3, 0.4) is 0 Å². The number of rotatable bonds is 6. The van der Waals surface area contributed by atoms with Crippen molar-refractivity contribution >= 4 is 17.3 Å². The minimum absolute atomic E-state index is 0.0289. The summed E-state index contributed by atoms with van der Waals surface area (Å²) >= 11 is 0. The smallest absolute Gasteiger partial charge is 0.209 e. The van der Waals surface area contributed by atoms with Crippen LogP contribution in [0.25, 0.3) is 0 Å². The van der Waals surface area contributed by atoms with Gasteiger partial charge in [-0.15, -0.1) is 0 Å². The third-order valence-corrected chi connectivity index (χ3v) is 10.5. The molecule has 222 valence electrons. The lowest BCUT2D eigenvalue weighted by molar-refractivity contribution is -0.154. The quantitative estimate of drug-likeness (QED) is 0.290. The molecule has 0 aromatic heterocycles. The monoisotopic (exact) mass is 566 g/mol. The average molecular weight is 567 g/mol. The number of benzene rings is 1. The Kier molecular flexibility index (Phi) is 7.70. The van der Waals surface area contributed by atoms with E-state index < -0.39 is 70.3 Å². The Labute approximate surface area is 240 Å². The minimum atomic E-state index is -2.75. The van der Waals surface area contributed by atoms with Crippen molar-refractivity contribution in [2.45, 2.75) is 103 Å². The van der Waals surface area contributed by atoms with Gasteiger partial charge in [-0.05, 0) is 61.0 Å². The molecule has 8 heteroatoms. The molecular formula is C33H42O8. The van der Waals surface area contributed by atoms with Gasteiger partial charge in [-0.2, -0.15) is 0 Å². The number of unbranched alkanes of at least 4 members (excludes halogenated alkanes) is 1. The molecule has 1 unspecified atom stereocenters. The maximum absolute atomic E-state index is 14.1. The van der Waals surface area contributed by atoms with Gasteiger partial charge in [0.1, 0.15) is 22.8 Å². The van der Waals surface area contributed by atoms with Gasteiger partial charge in [-0.3, -0.25) is 14.4 Å². The van der Waals surface area contributed by atoms with Crippen molar-refractivity contribution in [2.24, 2.45) is 23.7 Å². The lowest BCUT2D eigenvalue weighted by atomic mass is 9.56. The van der Waals surface area contributed by atoms with E-state index in [1.165, 1.54) is 0 Å². The predicted octanol–water partition coefficient (Wildman–Crippen LogP) is 5.32. The second kappa shape index (κ2) is 10.7. The summed E-state index contributed by atoms with van der Waals surface area (Å²) < 4.78 is 0. The van der Waals surface area contributed by atoms with E-state index in [-0.39, 0.29) is 22.8 Å². The molecule has 1 aromatic carbocycles. The topological polar surface area (TPSA) is 152 Å². The molecule has 0 aliphatic heterocycles. The van der Waals surface area contributed by atoms with Crippen LogP contribution in [0, 0.1) is 23.7 Å². The van der Waals surface area contributed by atoms with Crippen LogP contribution >= 0.6 is 0 Å². The standard InChI is InChI=1S/C33H42O8/c1-5-6-7-20(18-10-8-15(2)9-11-18)21-13-12-19-16(3)24-27(30(38)26(19)28(21)36)32(40)33(41)22(29(24)37)14-23(35)25(17(4)34)31(33)39/h12-13,15-16,18,20,22,24,29,35-37,40-41H,5-11,14H2,1-4H3/t15?,16-,18?,20?,22+,24+,29+,33+/m1/s1. The number of fused-ring (bicyclic) bond motifs is 3. The van der Waals surface area contributed by atoms with E-state index in [1.807, 2.05) is 12.1 Å². The SMILES string of the molecule is CCCCC(c1ccc2c(c1O)C(=O)C1=C(O)[C@@]3(O)C(=O)C(C(C)=O)=C(O)C[C@H]3[C@H](O)[C@H]1[C@@H]2C)C1CCC(C)CC1. The Morgan fingerprint density at radius 3 is 2.34 bits per heavy atom. The largest absolute Gasteiger partial charge is 0.511 e. The Hall–Kier alpha value is -2.97. The number of phenolic OH excluding ortho intramolecular Hbond substituents is 1. The first-order valence-electron chi connectivity index (χ1n) is 15.1. The summed E-state index contributed by atoms with van der Waals surface area (Å²) in [4.78, 5) is 39.6. The minimum Gasteiger partial charge on any atom is -0.511 e. The van der Waals surface area contributed by atoms with E-state index in [0.29, 0.717) is 23.0 Å². The highest BCUT2D eigenvalue weighted by Gasteiger charge is 2.64. The number of phenols is 1. The zero-order chi connectivity index (χ0) is 30.0. The van der Waals surface area contributed by atoms with Crippen LogP contribution < -0.4 is 0 Å². The van der Waals surface area contributed by atoms with Crippen molar-refractivity contribution in [3.05, 3.63) is 51.5 Å². The molecule has 41 heavy (non-hydrogen) atoms. The molecular weight excluding hydrogens is 524 g/mol. The number of aromatic hydroxyl groups is 1. The van der Waals surface area contributed by atoms with Crippen molar-refractivity contribution < 1.29 is 39.9 Å². The summed E-state index contributed by atoms with van der Waals surface area (Å²) in [7, 11) is 0. The van der Waals surface area contributed by atoms with Crippen molar-refractivity contribution in [1.29, 1.82) is 0 Å². The summed E-state index contributed by atoms with van der Waals surface area (Å²) in [6, 6.07) is 3.73. The molecule has 0 saturated heterocycles. The maximum Gasteiger partial charge on any atom is 0.209 e. The average Bonchev–Trinajstić information content (AvgIpc) is 2.92. The Bertz CT molecular complexity index is 1350. The number of allylic oxidation sites excluding steroid dienone is 1. The number of carbonyl (C=O) groups is 3. The van der Waals surface area contributed by atoms with Crippen LogP contribution in [0.4, 0.5) is 0 Å². The van der Waals surface area contributed by atoms with Gasteiger partial charge < -0.3 is 25.5 Å². The normalized spacial score (nSPS) is 34.2. The van der Waals surface area contributed by atoms with Gasteiger partial charge in [0, 0.05) is 23.8 Å². The van der Waals surface area contributed by atoms with Crippen LogP contribution in [-0.2, 0) is 9.59 Å². The van der Waals surface area contributed by atoms with E-state index >= 15 is 0 Å². The second-order valence-electron chi connectivity index (χ2n) is 12.9. The van der Waals surface area contributed by atoms with E-state index in [1.54, 1.807) is 6.92 Å². The fourth-order valence-electron chi connectivity index (χ4n) is 8.18. The van der Waals surface area contributed by atoms with E-state index in [0.717, 1.165) is 51.9 Å². The highest BCUT2D eigenvalue weighted by atomic mass is 16.4. The summed E-state index contributed by atoms with van der Waals surface area (Å²) in [5.41, 5.74) is -2.46. The Balaban J connectivity index is 1.64. The molecule has 5 rings (SSSR count). The van der Waals surface area contributed by atoms with Gasteiger partial charge in [0.15, 0.2) is 17.2 Å². The lowest BCUT2D eigenvalue weighted by Crippen LogP contribution is -2.62. The van der Waals surface area contributed by atoms with Crippen molar-refractivity contribution in [2.75, 3.05) is 0 Å². The molecule has 5 N–H and O–H groups in total. The molecule has 6 atom stereocenters. The molecule has 0 spiro atoms. The first kappa shape index (κ1) is 29.5. The van der Waals surface area contributed by atoms with E-state index in [2.05, 4.69) is 13.8 Å². The molecule has 1 fully saturated rings. The number of aliphatic hydroxyl groups is 4. The number of hydrogen-bond donors (Lipinski definition) is 5. The number of carbonyl (C=O) groups excluding carboxylic acids is 3. The first-order chi connectivity index (χ1) is 19.4. The van der Waals surface area contributed by atoms with Crippen molar-refractivity contribution in [1.82, 2.24) is 0 Å². The van der Waals surface area contributed by atoms with Crippen LogP contribution in [0.2, 0.25) is 0 Å². The van der Waals surface area contributed by atoms with Gasteiger partial charge in [-0.1, -0.05) is 58.6 Å². The molecule has 8 nitrogen and oxygen atoms in total. The summed E-state index contributed by atoms with van der Waals surface area (Å²) in [6.07, 6.45) is 5.29. The highest BCUT2D eigenvalue weighted by molar-refractivity contribution is 6.25. The zero-order valence-electron chi connectivity index (χ0n) is 24.3. The summed E-state index contributed by atoms with van der Waals surface area (Å²) in [5.74, 6) is -6.18. The maximum atomic E-state index is 14.1. The number of ketones is 3. The van der Waals surface area contributed by atoms with Crippen LogP contribution in [0.5, 0.6) is 5.75 Å². The molecule has 4 aliphatic rings.